The van der Waals surface area contributed by atoms with Crippen molar-refractivity contribution < 1.29 is 8.22 Å². The van der Waals surface area contributed by atoms with Crippen LogP contribution in [-0.2, 0) is 0 Å². The fourth-order valence-electron chi connectivity index (χ4n) is 13.2. The summed E-state index contributed by atoms with van der Waals surface area (Å²) in [5, 5.41) is 4.26. The third-order valence-corrected chi connectivity index (χ3v) is 80.7. The van der Waals surface area contributed by atoms with E-state index < -0.39 is 44.7 Å². The molecule has 1 saturated heterocycles. The second kappa shape index (κ2) is 28.1. The second-order valence-corrected chi connectivity index (χ2v) is 61.3. The van der Waals surface area contributed by atoms with E-state index in [0.717, 1.165) is 20.7 Å². The lowest BCUT2D eigenvalue weighted by Gasteiger charge is -2.67. The highest BCUT2D eigenvalue weighted by Crippen LogP contribution is 3.24. The van der Waals surface area contributed by atoms with E-state index in [0.29, 0.717) is 0 Å². The van der Waals surface area contributed by atoms with Gasteiger partial charge < -0.3 is 0 Å². The summed E-state index contributed by atoms with van der Waals surface area (Å²) in [6.45, 7) is 71.9. The van der Waals surface area contributed by atoms with Gasteiger partial charge in [0.05, 0.1) is 0 Å². The molecule has 0 unspecified atom stereocenters. The van der Waals surface area contributed by atoms with E-state index in [1.165, 1.54) is 66.8 Å². The predicted molar refractivity (Wildman–Crippen MR) is 379 cm³/mol. The Morgan fingerprint density at radius 1 is 0.244 bits per heavy atom. The van der Waals surface area contributed by atoms with Crippen LogP contribution in [0.3, 0.4) is 0 Å². The molecule has 1 heterocycles. The van der Waals surface area contributed by atoms with E-state index >= 15 is 8.22 Å². The van der Waals surface area contributed by atoms with Crippen LogP contribution in [0.15, 0.2) is 48.5 Å². The lowest BCUT2D eigenvalue weighted by atomic mass is 9.89. The zero-order valence-corrected chi connectivity index (χ0v) is 63.9. The van der Waals surface area contributed by atoms with Crippen LogP contribution < -0.4 is 20.7 Å². The molecule has 1 fully saturated rings. The van der Waals surface area contributed by atoms with Crippen molar-refractivity contribution in [2.75, 3.05) is 0 Å². The minimum absolute atomic E-state index is 0.0751. The number of hydrogen-bond acceptors (Lipinski definition) is 2. The topological polar surface area (TPSA) is 6.48 Å². The number of hydrogen-bond donors (Lipinski definition) is 0. The third kappa shape index (κ3) is 13.7. The van der Waals surface area contributed by atoms with Gasteiger partial charge in [0.25, 0.3) is 0 Å². The monoisotopic (exact) mass is 1230 g/mol. The maximum absolute atomic E-state index is 23.7. The van der Waals surface area contributed by atoms with Crippen LogP contribution in [0.5, 0.6) is 0 Å². The SMILES string of the molecule is CC(C)c1cc(C(C)C)c([Si](F)(c2c(C(C)C)cc(C(C)C)cc2C(C)C)P2P(N(C(C)C)C(C)C)P([Si](F)(c3c(C(C)C)cc(C(C)C)cc3C(C)C)c3c(C(C)C)cc(C(C)C)cc3C(C)C)P2N(C(C)C)C(C)C)c(C(C)C)c1. The summed E-state index contributed by atoms with van der Waals surface area (Å²) in [6, 6.07) is 20.0. The van der Waals surface area contributed by atoms with E-state index in [1.54, 1.807) is 0 Å². The smallest absolute Gasteiger partial charge is 0.295 e. The van der Waals surface area contributed by atoms with Crippen molar-refractivity contribution in [3.8, 4) is 0 Å². The Labute approximate surface area is 511 Å². The zero-order chi connectivity index (χ0) is 62.6. The summed E-state index contributed by atoms with van der Waals surface area (Å²) in [5.74, 6) is 1.80. The minimum Gasteiger partial charge on any atom is -0.295 e. The average Bonchev–Trinajstić information content (AvgIpc) is 3.35. The van der Waals surface area contributed by atoms with E-state index in [1.807, 2.05) is 0 Å². The molecule has 0 aromatic heterocycles. The van der Waals surface area contributed by atoms with Gasteiger partial charge >= 0.3 is 16.2 Å². The summed E-state index contributed by atoms with van der Waals surface area (Å²) >= 11 is 0. The van der Waals surface area contributed by atoms with Gasteiger partial charge in [-0.05, 0) is 214 Å². The van der Waals surface area contributed by atoms with Crippen LogP contribution in [0.2, 0.25) is 0 Å². The summed E-state index contributed by atoms with van der Waals surface area (Å²) in [6.07, 6.45) is 0. The van der Waals surface area contributed by atoms with Crippen LogP contribution in [0.25, 0.3) is 0 Å². The Kier molecular flexibility index (Phi) is 24.5. The molecule has 4 aromatic rings. The van der Waals surface area contributed by atoms with Gasteiger partial charge in [0.1, 0.15) is 0 Å². The first-order chi connectivity index (χ1) is 37.7. The second-order valence-electron chi connectivity index (χ2n) is 29.6. The molecule has 0 saturated carbocycles. The van der Waals surface area contributed by atoms with Crippen LogP contribution in [0, 0.1) is 0 Å². The molecule has 0 radical (unpaired) electrons. The molecule has 0 atom stereocenters. The number of rotatable bonds is 24. The molecular weight excluding hydrogens is 1110 g/mol. The molecule has 4 aromatic carbocycles. The van der Waals surface area contributed by atoms with Gasteiger partial charge in [-0.2, -0.15) is 0 Å². The molecule has 0 N–H and O–H groups in total. The van der Waals surface area contributed by atoms with E-state index in [-0.39, 0.29) is 95.2 Å². The quantitative estimate of drug-likeness (QED) is 0.0392. The lowest BCUT2D eigenvalue weighted by molar-refractivity contribution is 0.327. The molecule has 5 rings (SSSR count). The standard InChI is InChI=1S/C72H120F2N2P4Si2/c1-41(2)57-33-61(45(9)10)69(62(34-57)46(11)12)81(73,70-63(47(13)14)35-58(42(3)4)36-64(70)48(15)16)79-77(75(53(25)26)54(27)28)80(78(79)76(55(29)30)56(31)32)82(74,71-65(49(17)18)37-59(43(5)6)38-66(71)50(19)20)72-67(51(21)22)39-60(44(7)8)40-68(72)52(23)24/h33-56H,1-32H3. The Balaban J connectivity index is 2.41. The number of benzene rings is 4. The van der Waals surface area contributed by atoms with Crippen molar-refractivity contribution >= 4 is 65.5 Å². The molecule has 0 spiro atoms. The third-order valence-electron chi connectivity index (χ3n) is 17.6. The van der Waals surface area contributed by atoms with Gasteiger partial charge in [-0.1, -0.05) is 215 Å². The van der Waals surface area contributed by atoms with Crippen molar-refractivity contribution in [1.82, 2.24) is 9.34 Å². The maximum Gasteiger partial charge on any atom is 0.345 e. The number of nitrogens with zero attached hydrogens (tertiary/aromatic N) is 2. The van der Waals surface area contributed by atoms with Crippen LogP contribution in [-0.4, -0.2) is 49.7 Å². The molecule has 1 aliphatic heterocycles. The fourth-order valence-corrected chi connectivity index (χ4v) is 116. The summed E-state index contributed by atoms with van der Waals surface area (Å²) in [4.78, 5) is 0. The highest BCUT2D eigenvalue weighted by atomic mass is 33.1. The predicted octanol–water partition coefficient (Wildman–Crippen LogP) is 23.6. The molecule has 1 aliphatic rings. The fraction of sp³-hybridized carbons (Fsp3) is 0.667. The van der Waals surface area contributed by atoms with Crippen LogP contribution in [0.4, 0.5) is 8.22 Å². The van der Waals surface area contributed by atoms with Gasteiger partial charge in [-0.15, -0.1) is 0 Å². The molecule has 0 aliphatic carbocycles. The van der Waals surface area contributed by atoms with E-state index in [9.17, 15) is 0 Å². The first-order valence-corrected chi connectivity index (χ1v) is 46.1. The van der Waals surface area contributed by atoms with Crippen molar-refractivity contribution in [1.29, 1.82) is 0 Å². The maximum atomic E-state index is 23.7. The van der Waals surface area contributed by atoms with Crippen molar-refractivity contribution in [3.63, 3.8) is 0 Å². The molecule has 82 heavy (non-hydrogen) atoms. The number of halogens is 2. The van der Waals surface area contributed by atoms with Gasteiger partial charge in [0.15, 0.2) is 0 Å². The zero-order valence-electron chi connectivity index (χ0n) is 58.3. The normalized spacial score (nSPS) is 17.9. The molecule has 460 valence electrons. The van der Waals surface area contributed by atoms with Gasteiger partial charge in [-0.25, -0.2) is 0 Å². The molecule has 2 nitrogen and oxygen atoms in total. The van der Waals surface area contributed by atoms with Crippen molar-refractivity contribution in [2.45, 2.75) is 317 Å². The first kappa shape index (κ1) is 71.6. The highest BCUT2D eigenvalue weighted by molar-refractivity contribution is 9.17. The molecular formula is C72H120F2N2P4Si2. The minimum atomic E-state index is -4.60. The highest BCUT2D eigenvalue weighted by Gasteiger charge is 2.76. The Bertz CT molecular complexity index is 2330. The summed E-state index contributed by atoms with van der Waals surface area (Å²) < 4.78 is 53.0. The van der Waals surface area contributed by atoms with E-state index in [4.69, 9.17) is 0 Å². The molecule has 0 amide bonds. The molecule has 10 heteroatoms. The largest absolute Gasteiger partial charge is 0.345 e. The Hall–Kier alpha value is -1.19. The average molecular weight is 1230 g/mol. The van der Waals surface area contributed by atoms with Crippen molar-refractivity contribution in [2.24, 2.45) is 0 Å². The Morgan fingerprint density at radius 2 is 0.378 bits per heavy atom. The van der Waals surface area contributed by atoms with Crippen LogP contribution >= 0.6 is 28.6 Å². The van der Waals surface area contributed by atoms with Gasteiger partial charge in [-0.3, -0.25) is 17.6 Å². The van der Waals surface area contributed by atoms with E-state index in [2.05, 4.69) is 279 Å². The summed E-state index contributed by atoms with van der Waals surface area (Å²) in [5.41, 5.74) is 14.9. The van der Waals surface area contributed by atoms with Gasteiger partial charge in [0.2, 0.25) is 0 Å². The van der Waals surface area contributed by atoms with Crippen molar-refractivity contribution in [3.05, 3.63) is 115 Å². The Morgan fingerprint density at radius 3 is 0.476 bits per heavy atom. The van der Waals surface area contributed by atoms with Crippen LogP contribution in [0.1, 0.15) is 359 Å². The molecule has 0 bridgehead atoms. The lowest BCUT2D eigenvalue weighted by Crippen LogP contribution is -2.63. The summed E-state index contributed by atoms with van der Waals surface area (Å²) in [7, 11) is -12.1. The van der Waals surface area contributed by atoms with Gasteiger partial charge in [0, 0.05) is 52.8 Å². The first-order valence-electron chi connectivity index (χ1n) is 32.6.